The zero-order valence-corrected chi connectivity index (χ0v) is 19.2. The van der Waals surface area contributed by atoms with E-state index in [0.29, 0.717) is 13.0 Å². The third-order valence-corrected chi connectivity index (χ3v) is 7.20. The van der Waals surface area contributed by atoms with Crippen molar-refractivity contribution in [1.82, 2.24) is 4.90 Å². The van der Waals surface area contributed by atoms with Gasteiger partial charge in [0, 0.05) is 31.2 Å². The normalized spacial score (nSPS) is 20.1. The summed E-state index contributed by atoms with van der Waals surface area (Å²) in [5.74, 6) is -1.60. The van der Waals surface area contributed by atoms with Gasteiger partial charge in [0.05, 0.1) is 5.92 Å². The summed E-state index contributed by atoms with van der Waals surface area (Å²) in [6.07, 6.45) is 3.66. The van der Waals surface area contributed by atoms with E-state index in [4.69, 9.17) is 0 Å². The van der Waals surface area contributed by atoms with Gasteiger partial charge in [0.1, 0.15) is 6.04 Å². The Bertz CT molecular complexity index is 1110. The molecule has 5 nitrogen and oxygen atoms in total. The Hall–Kier alpha value is -3.60. The number of aliphatic carboxylic acids is 1. The number of carboxylic acid groups (broad SMARTS) is 1. The fourth-order valence-electron chi connectivity index (χ4n) is 5.55. The fraction of sp³-hybridized carbons (Fsp3) is 0.310. The Balaban J connectivity index is 1.49. The minimum atomic E-state index is -0.932. The number of benzene rings is 3. The third-order valence-electron chi connectivity index (χ3n) is 7.20. The van der Waals surface area contributed by atoms with Gasteiger partial charge in [-0.3, -0.25) is 4.79 Å². The molecular formula is C29H30N2O3. The molecule has 1 saturated heterocycles. The van der Waals surface area contributed by atoms with E-state index in [9.17, 15) is 14.7 Å². The number of amides is 1. The molecule has 1 fully saturated rings. The standard InChI is InChI=1S/C29H30N2O3/c32-28(27(22-13-3-1-4-14-22)23-15-5-2-6-16-23)31-20-24(19-26(31)29(33)34)30-18-10-9-12-21-11-7-8-17-25(21)30/h1-8,11,13-17,24,26-27H,9-10,12,18-20H2,(H,33,34)/t24-,26-/m0/s1. The molecule has 0 aromatic heterocycles. The summed E-state index contributed by atoms with van der Waals surface area (Å²) >= 11 is 0. The van der Waals surface area contributed by atoms with Crippen LogP contribution in [0.1, 0.15) is 41.9 Å². The number of anilines is 1. The predicted octanol–water partition coefficient (Wildman–Crippen LogP) is 4.72. The molecule has 0 saturated carbocycles. The summed E-state index contributed by atoms with van der Waals surface area (Å²) < 4.78 is 0. The van der Waals surface area contributed by atoms with Crippen LogP contribution in [0.25, 0.3) is 0 Å². The zero-order valence-electron chi connectivity index (χ0n) is 19.2. The lowest BCUT2D eigenvalue weighted by Gasteiger charge is -2.32. The molecule has 34 heavy (non-hydrogen) atoms. The average Bonchev–Trinajstić information content (AvgIpc) is 3.21. The highest BCUT2D eigenvalue weighted by Crippen LogP contribution is 2.35. The summed E-state index contributed by atoms with van der Waals surface area (Å²) in [5.41, 5.74) is 4.26. The van der Waals surface area contributed by atoms with Crippen molar-refractivity contribution in [2.45, 2.75) is 43.7 Å². The molecule has 2 atom stereocenters. The number of carbonyl (C=O) groups excluding carboxylic acids is 1. The van der Waals surface area contributed by atoms with Gasteiger partial charge in [0.25, 0.3) is 0 Å². The zero-order chi connectivity index (χ0) is 23.5. The van der Waals surface area contributed by atoms with Crippen molar-refractivity contribution in [2.24, 2.45) is 0 Å². The summed E-state index contributed by atoms with van der Waals surface area (Å²) in [6, 6.07) is 26.9. The molecule has 0 aliphatic carbocycles. The first-order valence-electron chi connectivity index (χ1n) is 12.1. The van der Waals surface area contributed by atoms with Gasteiger partial charge in [0.15, 0.2) is 0 Å². The van der Waals surface area contributed by atoms with Gasteiger partial charge < -0.3 is 14.9 Å². The fourth-order valence-corrected chi connectivity index (χ4v) is 5.55. The molecule has 1 amide bonds. The number of nitrogens with zero attached hydrogens (tertiary/aromatic N) is 2. The van der Waals surface area contributed by atoms with Crippen LogP contribution in [0.4, 0.5) is 5.69 Å². The van der Waals surface area contributed by atoms with Crippen molar-refractivity contribution in [3.05, 3.63) is 102 Å². The first kappa shape index (κ1) is 22.2. The van der Waals surface area contributed by atoms with Crippen LogP contribution in [0, 0.1) is 0 Å². The number of hydrogen-bond donors (Lipinski definition) is 1. The second kappa shape index (κ2) is 9.72. The van der Waals surface area contributed by atoms with Gasteiger partial charge in [0.2, 0.25) is 5.91 Å². The smallest absolute Gasteiger partial charge is 0.326 e. The molecule has 2 heterocycles. The molecule has 0 bridgehead atoms. The molecule has 174 valence electrons. The minimum absolute atomic E-state index is 0.0171. The van der Waals surface area contributed by atoms with E-state index in [-0.39, 0.29) is 11.9 Å². The van der Waals surface area contributed by atoms with E-state index in [2.05, 4.69) is 23.1 Å². The highest BCUT2D eigenvalue weighted by atomic mass is 16.4. The van der Waals surface area contributed by atoms with E-state index in [1.165, 1.54) is 11.3 Å². The molecule has 3 aromatic carbocycles. The van der Waals surface area contributed by atoms with E-state index in [0.717, 1.165) is 36.9 Å². The van der Waals surface area contributed by atoms with E-state index < -0.39 is 17.9 Å². The van der Waals surface area contributed by atoms with E-state index >= 15 is 0 Å². The number of aryl methyl sites for hydroxylation is 1. The van der Waals surface area contributed by atoms with Crippen molar-refractivity contribution < 1.29 is 14.7 Å². The maximum absolute atomic E-state index is 14.0. The number of rotatable bonds is 5. The molecule has 2 aliphatic rings. The number of likely N-dealkylation sites (tertiary alicyclic amines) is 1. The second-order valence-electron chi connectivity index (χ2n) is 9.27. The average molecular weight is 455 g/mol. The van der Waals surface area contributed by atoms with Gasteiger partial charge in [-0.05, 0) is 42.0 Å². The Labute approximate surface area is 200 Å². The number of carboxylic acids is 1. The number of carbonyl (C=O) groups is 2. The van der Waals surface area contributed by atoms with Crippen molar-refractivity contribution in [3.8, 4) is 0 Å². The number of fused-ring (bicyclic) bond motifs is 1. The quantitative estimate of drug-likeness (QED) is 0.606. The lowest BCUT2D eigenvalue weighted by atomic mass is 9.90. The Morgan fingerprint density at radius 1 is 0.824 bits per heavy atom. The first-order valence-corrected chi connectivity index (χ1v) is 12.1. The molecule has 5 heteroatoms. The lowest BCUT2D eigenvalue weighted by molar-refractivity contribution is -0.148. The summed E-state index contributed by atoms with van der Waals surface area (Å²) in [5, 5.41) is 10.1. The van der Waals surface area contributed by atoms with Crippen LogP contribution in [0.2, 0.25) is 0 Å². The predicted molar refractivity (Wildman–Crippen MR) is 133 cm³/mol. The molecule has 0 radical (unpaired) electrons. The van der Waals surface area contributed by atoms with Crippen molar-refractivity contribution in [3.63, 3.8) is 0 Å². The van der Waals surface area contributed by atoms with Crippen LogP contribution in [-0.2, 0) is 16.0 Å². The van der Waals surface area contributed by atoms with Crippen LogP contribution in [0.3, 0.4) is 0 Å². The Kier molecular flexibility index (Phi) is 6.35. The van der Waals surface area contributed by atoms with Gasteiger partial charge in [-0.25, -0.2) is 4.79 Å². The monoisotopic (exact) mass is 454 g/mol. The van der Waals surface area contributed by atoms with Gasteiger partial charge in [-0.15, -0.1) is 0 Å². The van der Waals surface area contributed by atoms with E-state index in [1.54, 1.807) is 4.90 Å². The van der Waals surface area contributed by atoms with Crippen molar-refractivity contribution in [2.75, 3.05) is 18.0 Å². The molecule has 3 aromatic rings. The molecule has 1 N–H and O–H groups in total. The van der Waals surface area contributed by atoms with Crippen molar-refractivity contribution >= 4 is 17.6 Å². The highest BCUT2D eigenvalue weighted by molar-refractivity contribution is 5.91. The summed E-state index contributed by atoms with van der Waals surface area (Å²) in [4.78, 5) is 30.4. The van der Waals surface area contributed by atoms with Crippen LogP contribution in [0.5, 0.6) is 0 Å². The highest BCUT2D eigenvalue weighted by Gasteiger charge is 2.44. The molecule has 0 spiro atoms. The van der Waals surface area contributed by atoms with Crippen LogP contribution in [-0.4, -0.2) is 47.1 Å². The van der Waals surface area contributed by atoms with Crippen LogP contribution in [0.15, 0.2) is 84.9 Å². The maximum atomic E-state index is 14.0. The van der Waals surface area contributed by atoms with Crippen molar-refractivity contribution in [1.29, 1.82) is 0 Å². The van der Waals surface area contributed by atoms with E-state index in [1.807, 2.05) is 66.7 Å². The van der Waals surface area contributed by atoms with Crippen LogP contribution >= 0.6 is 0 Å². The number of hydrogen-bond acceptors (Lipinski definition) is 3. The first-order chi connectivity index (χ1) is 16.6. The lowest BCUT2D eigenvalue weighted by Crippen LogP contribution is -2.44. The minimum Gasteiger partial charge on any atom is -0.480 e. The summed E-state index contributed by atoms with van der Waals surface area (Å²) in [6.45, 7) is 1.30. The van der Waals surface area contributed by atoms with Crippen LogP contribution < -0.4 is 4.90 Å². The Morgan fingerprint density at radius 2 is 1.44 bits per heavy atom. The third kappa shape index (κ3) is 4.30. The molecule has 5 rings (SSSR count). The number of para-hydroxylation sites is 1. The van der Waals surface area contributed by atoms with Gasteiger partial charge in [-0.2, -0.15) is 0 Å². The summed E-state index contributed by atoms with van der Waals surface area (Å²) in [7, 11) is 0. The van der Waals surface area contributed by atoms with Gasteiger partial charge >= 0.3 is 5.97 Å². The Morgan fingerprint density at radius 3 is 2.09 bits per heavy atom. The van der Waals surface area contributed by atoms with Gasteiger partial charge in [-0.1, -0.05) is 78.9 Å². The second-order valence-corrected chi connectivity index (χ2v) is 9.27. The maximum Gasteiger partial charge on any atom is 0.326 e. The topological polar surface area (TPSA) is 60.9 Å². The molecule has 0 unspecified atom stereocenters. The molecular weight excluding hydrogens is 424 g/mol. The molecule has 2 aliphatic heterocycles. The SMILES string of the molecule is O=C(O)[C@@H]1C[C@H](N2CCCCc3ccccc32)CN1C(=O)C(c1ccccc1)c1ccccc1. The largest absolute Gasteiger partial charge is 0.480 e.